The lowest BCUT2D eigenvalue weighted by molar-refractivity contribution is 0.348. The zero-order valence-electron chi connectivity index (χ0n) is 7.44. The van der Waals surface area contributed by atoms with Gasteiger partial charge in [-0.15, -0.1) is 0 Å². The Bertz CT molecular complexity index is 133. The van der Waals surface area contributed by atoms with Gasteiger partial charge in [0.05, 0.1) is 0 Å². The molecule has 0 aromatic heterocycles. The summed E-state index contributed by atoms with van der Waals surface area (Å²) in [6, 6.07) is 0. The van der Waals surface area contributed by atoms with Gasteiger partial charge in [-0.05, 0) is 27.7 Å². The maximum absolute atomic E-state index is 5.86. The number of nitrogens with zero attached hydrogens (tertiary/aromatic N) is 1. The van der Waals surface area contributed by atoms with Crippen molar-refractivity contribution in [3.63, 3.8) is 0 Å². The highest BCUT2D eigenvalue weighted by atomic mass is 15.4. The van der Waals surface area contributed by atoms with Gasteiger partial charge in [0.25, 0.3) is 0 Å². The van der Waals surface area contributed by atoms with Crippen molar-refractivity contribution in [1.29, 1.82) is 0 Å². The molecule has 2 nitrogen and oxygen atoms in total. The van der Waals surface area contributed by atoms with E-state index in [0.29, 0.717) is 5.54 Å². The topological polar surface area (TPSA) is 29.0 Å². The van der Waals surface area contributed by atoms with Gasteiger partial charge in [-0.3, -0.25) is 4.90 Å². The predicted molar refractivity (Wildman–Crippen MR) is 43.9 cm³/mol. The summed E-state index contributed by atoms with van der Waals surface area (Å²) in [5.74, 6) is 0. The van der Waals surface area contributed by atoms with E-state index in [9.17, 15) is 0 Å². The van der Waals surface area contributed by atoms with E-state index in [2.05, 4.69) is 32.6 Å². The molecule has 0 spiro atoms. The lowest BCUT2D eigenvalue weighted by atomic mass is 10.1. The molecule has 1 rings (SSSR count). The van der Waals surface area contributed by atoms with Gasteiger partial charge >= 0.3 is 0 Å². The molecule has 2 N–H and O–H groups in total. The molecule has 1 atom stereocenters. The van der Waals surface area contributed by atoms with Gasteiger partial charge < -0.3 is 5.73 Å². The molecule has 0 aromatic rings. The quantitative estimate of drug-likeness (QED) is 0.578. The average Bonchev–Trinajstić information content (AvgIpc) is 2.05. The van der Waals surface area contributed by atoms with Crippen LogP contribution in [0.5, 0.6) is 0 Å². The largest absolute Gasteiger partial charge is 0.324 e. The monoisotopic (exact) mass is 142 g/mol. The second-order valence-electron chi connectivity index (χ2n) is 4.66. The van der Waals surface area contributed by atoms with Gasteiger partial charge in [0.1, 0.15) is 0 Å². The first kappa shape index (κ1) is 8.02. The van der Waals surface area contributed by atoms with Crippen LogP contribution in [0.3, 0.4) is 0 Å². The van der Waals surface area contributed by atoms with Crippen LogP contribution in [0, 0.1) is 0 Å². The minimum atomic E-state index is -0.0340. The first-order valence-corrected chi connectivity index (χ1v) is 3.85. The highest BCUT2D eigenvalue weighted by molar-refractivity contribution is 5.02. The molecule has 10 heavy (non-hydrogen) atoms. The molecule has 0 saturated carbocycles. The van der Waals surface area contributed by atoms with Gasteiger partial charge in [-0.25, -0.2) is 0 Å². The van der Waals surface area contributed by atoms with E-state index in [0.717, 1.165) is 6.54 Å². The maximum atomic E-state index is 5.86. The second-order valence-corrected chi connectivity index (χ2v) is 4.66. The predicted octanol–water partition coefficient (Wildman–Crippen LogP) is 0.818. The Hall–Kier alpha value is -0.0800. The molecule has 2 heteroatoms. The summed E-state index contributed by atoms with van der Waals surface area (Å²) >= 11 is 0. The molecule has 60 valence electrons. The fourth-order valence-electron chi connectivity index (χ4n) is 1.19. The number of nitrogens with two attached hydrogens (primary N) is 1. The summed E-state index contributed by atoms with van der Waals surface area (Å²) in [5.41, 5.74) is 6.25. The summed E-state index contributed by atoms with van der Waals surface area (Å²) in [5, 5.41) is 0. The zero-order chi connectivity index (χ0) is 7.99. The fourth-order valence-corrected chi connectivity index (χ4v) is 1.19. The molecule has 1 unspecified atom stereocenters. The van der Waals surface area contributed by atoms with Crippen molar-refractivity contribution in [1.82, 2.24) is 4.90 Å². The van der Waals surface area contributed by atoms with E-state index in [1.165, 1.54) is 6.54 Å². The molecule has 0 radical (unpaired) electrons. The minimum Gasteiger partial charge on any atom is -0.324 e. The van der Waals surface area contributed by atoms with Crippen molar-refractivity contribution in [2.24, 2.45) is 5.73 Å². The van der Waals surface area contributed by atoms with Crippen molar-refractivity contribution in [3.05, 3.63) is 0 Å². The van der Waals surface area contributed by atoms with E-state index in [-0.39, 0.29) is 5.54 Å². The average molecular weight is 142 g/mol. The first-order valence-electron chi connectivity index (χ1n) is 3.85. The number of rotatable bonds is 2. The van der Waals surface area contributed by atoms with Crippen LogP contribution in [-0.2, 0) is 0 Å². The molecule has 1 fully saturated rings. The third-order valence-corrected chi connectivity index (χ3v) is 1.93. The summed E-state index contributed by atoms with van der Waals surface area (Å²) in [6.45, 7) is 10.9. The van der Waals surface area contributed by atoms with Crippen molar-refractivity contribution in [2.75, 3.05) is 13.1 Å². The van der Waals surface area contributed by atoms with Crippen LogP contribution in [-0.4, -0.2) is 29.1 Å². The van der Waals surface area contributed by atoms with Gasteiger partial charge in [-0.1, -0.05) is 0 Å². The van der Waals surface area contributed by atoms with Crippen LogP contribution in [0.4, 0.5) is 0 Å². The Morgan fingerprint density at radius 1 is 1.50 bits per heavy atom. The normalized spacial score (nSPS) is 30.3. The SMILES string of the molecule is CC(C)(N)CN1CC1(C)C. The molecule has 1 aliphatic heterocycles. The van der Waals surface area contributed by atoms with E-state index < -0.39 is 0 Å². The molecule has 1 heterocycles. The lowest BCUT2D eigenvalue weighted by Crippen LogP contribution is -2.40. The smallest absolute Gasteiger partial charge is 0.0281 e. The third kappa shape index (κ3) is 1.96. The summed E-state index contributed by atoms with van der Waals surface area (Å²) in [4.78, 5) is 2.40. The van der Waals surface area contributed by atoms with Gasteiger partial charge in [0, 0.05) is 24.2 Å². The summed E-state index contributed by atoms with van der Waals surface area (Å²) in [7, 11) is 0. The Labute approximate surface area is 63.4 Å². The second kappa shape index (κ2) is 1.95. The van der Waals surface area contributed by atoms with Crippen LogP contribution in [0.15, 0.2) is 0 Å². The number of hydrogen-bond donors (Lipinski definition) is 1. The fraction of sp³-hybridized carbons (Fsp3) is 1.00. The molecule has 0 aromatic carbocycles. The zero-order valence-corrected chi connectivity index (χ0v) is 7.44. The first-order chi connectivity index (χ1) is 4.31. The van der Waals surface area contributed by atoms with E-state index in [1.807, 2.05) is 0 Å². The highest BCUT2D eigenvalue weighted by Gasteiger charge is 2.44. The van der Waals surface area contributed by atoms with Crippen molar-refractivity contribution in [3.8, 4) is 0 Å². The number of hydrogen-bond acceptors (Lipinski definition) is 2. The Morgan fingerprint density at radius 2 is 1.90 bits per heavy atom. The van der Waals surface area contributed by atoms with Gasteiger partial charge in [-0.2, -0.15) is 0 Å². The molecule has 0 amide bonds. The van der Waals surface area contributed by atoms with Crippen LogP contribution in [0.25, 0.3) is 0 Å². The third-order valence-electron chi connectivity index (χ3n) is 1.93. The molecular formula is C8H18N2. The highest BCUT2D eigenvalue weighted by Crippen LogP contribution is 2.31. The van der Waals surface area contributed by atoms with Crippen LogP contribution in [0.2, 0.25) is 0 Å². The van der Waals surface area contributed by atoms with Crippen molar-refractivity contribution >= 4 is 0 Å². The van der Waals surface area contributed by atoms with Crippen LogP contribution < -0.4 is 5.73 Å². The molecule has 1 saturated heterocycles. The van der Waals surface area contributed by atoms with Crippen molar-refractivity contribution in [2.45, 2.75) is 38.8 Å². The van der Waals surface area contributed by atoms with Crippen LogP contribution in [0.1, 0.15) is 27.7 Å². The Kier molecular flexibility index (Phi) is 1.57. The summed E-state index contributed by atoms with van der Waals surface area (Å²) < 4.78 is 0. The minimum absolute atomic E-state index is 0.0340. The Balaban J connectivity index is 2.31. The molecule has 0 bridgehead atoms. The van der Waals surface area contributed by atoms with Gasteiger partial charge in [0.2, 0.25) is 0 Å². The van der Waals surface area contributed by atoms with Gasteiger partial charge in [0.15, 0.2) is 0 Å². The molecule has 0 aliphatic carbocycles. The standard InChI is InChI=1S/C8H18N2/c1-7(2,9)5-10-6-8(10,3)4/h5-6,9H2,1-4H3. The summed E-state index contributed by atoms with van der Waals surface area (Å²) in [6.07, 6.45) is 0. The maximum Gasteiger partial charge on any atom is 0.0281 e. The molecular weight excluding hydrogens is 124 g/mol. The van der Waals surface area contributed by atoms with Crippen molar-refractivity contribution < 1.29 is 0 Å². The van der Waals surface area contributed by atoms with E-state index >= 15 is 0 Å². The Morgan fingerprint density at radius 3 is 2.00 bits per heavy atom. The van der Waals surface area contributed by atoms with Crippen LogP contribution >= 0.6 is 0 Å². The lowest BCUT2D eigenvalue weighted by Gasteiger charge is -2.20. The van der Waals surface area contributed by atoms with E-state index in [1.54, 1.807) is 0 Å². The molecule has 1 aliphatic rings. The van der Waals surface area contributed by atoms with E-state index in [4.69, 9.17) is 5.73 Å².